The van der Waals surface area contributed by atoms with Gasteiger partial charge in [-0.2, -0.15) is 0 Å². The van der Waals surface area contributed by atoms with Gasteiger partial charge in [0, 0.05) is 26.7 Å². The molecular weight excluding hydrogens is 389 g/mol. The van der Waals surface area contributed by atoms with E-state index in [0.717, 1.165) is 46.9 Å². The summed E-state index contributed by atoms with van der Waals surface area (Å²) in [5, 5.41) is 19.3. The van der Waals surface area contributed by atoms with E-state index in [4.69, 9.17) is 0 Å². The number of benzene rings is 2. The van der Waals surface area contributed by atoms with E-state index in [1.807, 2.05) is 29.6 Å². The van der Waals surface area contributed by atoms with Crippen molar-refractivity contribution in [3.05, 3.63) is 58.7 Å². The third kappa shape index (κ3) is 3.40. The van der Waals surface area contributed by atoms with Crippen LogP contribution in [-0.2, 0) is 0 Å². The molecule has 2 heterocycles. The molecule has 8 heteroatoms. The Hall–Kier alpha value is -3.13. The molecule has 0 spiro atoms. The van der Waals surface area contributed by atoms with Crippen LogP contribution in [0.5, 0.6) is 0 Å². The summed E-state index contributed by atoms with van der Waals surface area (Å²) in [6.45, 7) is 0. The van der Waals surface area contributed by atoms with Crippen LogP contribution in [0.1, 0.15) is 47.5 Å². The smallest absolute Gasteiger partial charge is 0.257 e. The van der Waals surface area contributed by atoms with E-state index in [9.17, 15) is 9.18 Å². The number of anilines is 1. The van der Waals surface area contributed by atoms with E-state index in [0.29, 0.717) is 23.0 Å². The highest BCUT2D eigenvalue weighted by Crippen LogP contribution is 2.36. The van der Waals surface area contributed by atoms with Crippen LogP contribution in [0, 0.1) is 5.82 Å². The molecular formula is C21H18FN5OS. The summed E-state index contributed by atoms with van der Waals surface area (Å²) in [7, 11) is 0. The highest BCUT2D eigenvalue weighted by molar-refractivity contribution is 7.17. The van der Waals surface area contributed by atoms with E-state index >= 15 is 0 Å². The third-order valence-electron chi connectivity index (χ3n) is 5.49. The fraction of sp³-hybridized carbons (Fsp3) is 0.238. The predicted octanol–water partition coefficient (Wildman–Crippen LogP) is 5.13. The van der Waals surface area contributed by atoms with Gasteiger partial charge < -0.3 is 5.32 Å². The lowest BCUT2D eigenvalue weighted by molar-refractivity contribution is 0.102. The topological polar surface area (TPSA) is 83.6 Å². The second kappa shape index (κ2) is 7.36. The number of nitrogens with zero attached hydrogens (tertiary/aromatic N) is 3. The quantitative estimate of drug-likeness (QED) is 0.491. The second-order valence-corrected chi connectivity index (χ2v) is 8.19. The molecule has 0 saturated heterocycles. The first-order valence-electron chi connectivity index (χ1n) is 9.55. The molecule has 0 atom stereocenters. The van der Waals surface area contributed by atoms with Crippen LogP contribution in [-0.4, -0.2) is 26.5 Å². The summed E-state index contributed by atoms with van der Waals surface area (Å²) in [5.74, 6) is 0.381. The lowest BCUT2D eigenvalue weighted by Gasteiger charge is -2.12. The van der Waals surface area contributed by atoms with Crippen molar-refractivity contribution in [1.82, 2.24) is 20.6 Å². The maximum Gasteiger partial charge on any atom is 0.257 e. The summed E-state index contributed by atoms with van der Waals surface area (Å²) in [6.07, 6.45) is 4.39. The largest absolute Gasteiger partial charge is 0.322 e. The first-order chi connectivity index (χ1) is 14.2. The molecule has 2 aromatic carbocycles. The molecule has 0 bridgehead atoms. The number of thiophene rings is 1. The Bertz CT molecular complexity index is 1180. The van der Waals surface area contributed by atoms with Gasteiger partial charge in [0.2, 0.25) is 0 Å². The number of aromatic nitrogens is 4. The van der Waals surface area contributed by atoms with Crippen LogP contribution in [0.2, 0.25) is 0 Å². The molecule has 4 aromatic rings. The van der Waals surface area contributed by atoms with Crippen LogP contribution >= 0.6 is 11.3 Å². The number of amides is 1. The fourth-order valence-electron chi connectivity index (χ4n) is 4.00. The van der Waals surface area contributed by atoms with Gasteiger partial charge in [-0.25, -0.2) is 9.49 Å². The first-order valence-corrected chi connectivity index (χ1v) is 10.4. The molecule has 5 rings (SSSR count). The standard InChI is InChI=1S/C21H18FN5OS/c22-18-10-14(6-8-15(18)12-3-1-2-4-12)23-21(28)17-11-29-19-9-13(5-7-16(17)19)20-24-26-27-25-20/h5-12H,1-4H2,(H,23,28)(H,24,25,26,27). The van der Waals surface area contributed by atoms with Gasteiger partial charge in [0.25, 0.3) is 5.91 Å². The summed E-state index contributed by atoms with van der Waals surface area (Å²) in [6, 6.07) is 10.7. The summed E-state index contributed by atoms with van der Waals surface area (Å²) in [5.41, 5.74) is 2.64. The zero-order chi connectivity index (χ0) is 19.8. The summed E-state index contributed by atoms with van der Waals surface area (Å²) < 4.78 is 15.5. The first kappa shape index (κ1) is 17.9. The normalized spacial score (nSPS) is 14.5. The van der Waals surface area contributed by atoms with Crippen molar-refractivity contribution in [2.24, 2.45) is 0 Å². The van der Waals surface area contributed by atoms with E-state index in [1.165, 1.54) is 17.4 Å². The zero-order valence-corrected chi connectivity index (χ0v) is 16.3. The van der Waals surface area contributed by atoms with Crippen molar-refractivity contribution < 1.29 is 9.18 Å². The minimum atomic E-state index is -0.252. The molecule has 146 valence electrons. The minimum absolute atomic E-state index is 0.241. The number of fused-ring (bicyclic) bond motifs is 1. The zero-order valence-electron chi connectivity index (χ0n) is 15.5. The Balaban J connectivity index is 1.38. The van der Waals surface area contributed by atoms with Gasteiger partial charge in [-0.3, -0.25) is 4.79 Å². The summed E-state index contributed by atoms with van der Waals surface area (Å²) >= 11 is 1.47. The van der Waals surface area contributed by atoms with Gasteiger partial charge in [-0.05, 0) is 52.9 Å². The molecule has 6 nitrogen and oxygen atoms in total. The van der Waals surface area contributed by atoms with Crippen molar-refractivity contribution in [2.75, 3.05) is 5.32 Å². The van der Waals surface area contributed by atoms with Gasteiger partial charge in [0.05, 0.1) is 5.56 Å². The molecule has 2 aromatic heterocycles. The molecule has 1 aliphatic carbocycles. The van der Waals surface area contributed by atoms with Crippen LogP contribution < -0.4 is 5.32 Å². The van der Waals surface area contributed by atoms with Gasteiger partial charge in [0.1, 0.15) is 5.82 Å². The second-order valence-electron chi connectivity index (χ2n) is 7.28. The molecule has 1 aliphatic rings. The van der Waals surface area contributed by atoms with Crippen LogP contribution in [0.15, 0.2) is 41.8 Å². The fourth-order valence-corrected chi connectivity index (χ4v) is 4.98. The number of carbonyl (C=O) groups excluding carboxylic acids is 1. The van der Waals surface area contributed by atoms with Crippen molar-refractivity contribution in [2.45, 2.75) is 31.6 Å². The van der Waals surface area contributed by atoms with E-state index in [2.05, 4.69) is 25.9 Å². The number of nitrogens with one attached hydrogen (secondary N) is 2. The number of aromatic amines is 1. The number of halogens is 1. The maximum atomic E-state index is 14.6. The Morgan fingerprint density at radius 2 is 2.03 bits per heavy atom. The lowest BCUT2D eigenvalue weighted by atomic mass is 9.97. The van der Waals surface area contributed by atoms with Crippen molar-refractivity contribution in [1.29, 1.82) is 0 Å². The molecule has 1 fully saturated rings. The molecule has 0 unspecified atom stereocenters. The van der Waals surface area contributed by atoms with Crippen LogP contribution in [0.25, 0.3) is 21.5 Å². The highest BCUT2D eigenvalue weighted by atomic mass is 32.1. The summed E-state index contributed by atoms with van der Waals surface area (Å²) in [4.78, 5) is 12.8. The maximum absolute atomic E-state index is 14.6. The van der Waals surface area contributed by atoms with Crippen molar-refractivity contribution in [3.8, 4) is 11.4 Å². The Labute approximate surface area is 170 Å². The van der Waals surface area contributed by atoms with Gasteiger partial charge >= 0.3 is 0 Å². The molecule has 0 radical (unpaired) electrons. The highest BCUT2D eigenvalue weighted by Gasteiger charge is 2.21. The van der Waals surface area contributed by atoms with Gasteiger partial charge in [0.15, 0.2) is 5.82 Å². The predicted molar refractivity (Wildman–Crippen MR) is 111 cm³/mol. The number of rotatable bonds is 4. The molecule has 29 heavy (non-hydrogen) atoms. The van der Waals surface area contributed by atoms with Crippen molar-refractivity contribution in [3.63, 3.8) is 0 Å². The Morgan fingerprint density at radius 1 is 1.17 bits per heavy atom. The monoisotopic (exact) mass is 407 g/mol. The van der Waals surface area contributed by atoms with E-state index in [1.54, 1.807) is 6.07 Å². The lowest BCUT2D eigenvalue weighted by Crippen LogP contribution is -2.12. The number of H-pyrrole nitrogens is 1. The average Bonchev–Trinajstić information content (AvgIpc) is 3.48. The van der Waals surface area contributed by atoms with Gasteiger partial charge in [-0.15, -0.1) is 16.4 Å². The number of hydrogen-bond donors (Lipinski definition) is 2. The van der Waals surface area contributed by atoms with E-state index in [-0.39, 0.29) is 11.7 Å². The molecule has 2 N–H and O–H groups in total. The Morgan fingerprint density at radius 3 is 2.79 bits per heavy atom. The third-order valence-corrected chi connectivity index (χ3v) is 6.44. The van der Waals surface area contributed by atoms with Crippen LogP contribution in [0.3, 0.4) is 0 Å². The van der Waals surface area contributed by atoms with Gasteiger partial charge in [-0.1, -0.05) is 31.0 Å². The molecule has 1 saturated carbocycles. The minimum Gasteiger partial charge on any atom is -0.322 e. The van der Waals surface area contributed by atoms with Crippen molar-refractivity contribution >= 4 is 33.0 Å². The molecule has 0 aliphatic heterocycles. The SMILES string of the molecule is O=C(Nc1ccc(C2CCCC2)c(F)c1)c1csc2cc(-c3nnn[nH]3)ccc12. The molecule has 1 amide bonds. The van der Waals surface area contributed by atoms with E-state index < -0.39 is 0 Å². The average molecular weight is 407 g/mol. The number of hydrogen-bond acceptors (Lipinski definition) is 5. The number of tetrazole rings is 1. The van der Waals surface area contributed by atoms with Crippen LogP contribution in [0.4, 0.5) is 10.1 Å². The Kier molecular flexibility index (Phi) is 4.55. The number of carbonyl (C=O) groups is 1.